The highest BCUT2D eigenvalue weighted by Gasteiger charge is 2.48. The molecule has 2 aromatic carbocycles. The summed E-state index contributed by atoms with van der Waals surface area (Å²) in [6.07, 6.45) is 0. The third kappa shape index (κ3) is 5.85. The number of aliphatic imine (C=N–C) groups is 1. The summed E-state index contributed by atoms with van der Waals surface area (Å²) in [7, 11) is 0. The van der Waals surface area contributed by atoms with Crippen LogP contribution in [0, 0.1) is 26.7 Å². The highest BCUT2D eigenvalue weighted by molar-refractivity contribution is 6.31. The molecule has 0 N–H and O–H groups in total. The Morgan fingerprint density at radius 3 is 2.49 bits per heavy atom. The zero-order valence-electron chi connectivity index (χ0n) is 23.9. The van der Waals surface area contributed by atoms with Gasteiger partial charge in [-0.25, -0.2) is 4.98 Å². The Morgan fingerprint density at radius 1 is 1.07 bits per heavy atom. The number of ether oxygens (including phenoxy) is 2. The number of nitrogens with zero attached hydrogens (tertiary/aromatic N) is 4. The number of hydrogen-bond donors (Lipinski definition) is 0. The molecule has 3 heterocycles. The summed E-state index contributed by atoms with van der Waals surface area (Å²) in [6.45, 7) is 9.92. The minimum absolute atomic E-state index is 0.125. The second-order valence-corrected chi connectivity index (χ2v) is 10.8. The summed E-state index contributed by atoms with van der Waals surface area (Å²) in [6, 6.07) is 17.2. The number of esters is 1. The fourth-order valence-electron chi connectivity index (χ4n) is 5.75. The van der Waals surface area contributed by atoms with E-state index in [9.17, 15) is 9.59 Å². The van der Waals surface area contributed by atoms with Crippen LogP contribution in [0.4, 0.5) is 0 Å². The summed E-state index contributed by atoms with van der Waals surface area (Å²) >= 11 is 6.70. The quantitative estimate of drug-likeness (QED) is 0.246. The number of carbonyl (C=O) groups excluding carboxylic acids is 2. The smallest absolute Gasteiger partial charge is 0.315 e. The van der Waals surface area contributed by atoms with Gasteiger partial charge in [-0.1, -0.05) is 60.1 Å². The van der Waals surface area contributed by atoms with Crippen LogP contribution in [0.25, 0.3) is 0 Å². The van der Waals surface area contributed by atoms with Crippen LogP contribution in [0.2, 0.25) is 5.02 Å². The topological polar surface area (TPSA) is 86.0 Å². The van der Waals surface area contributed by atoms with Crippen molar-refractivity contribution < 1.29 is 19.1 Å². The maximum absolute atomic E-state index is 13.9. The van der Waals surface area contributed by atoms with Gasteiger partial charge in [-0.15, -0.1) is 0 Å². The first-order chi connectivity index (χ1) is 19.8. The van der Waals surface area contributed by atoms with Crippen molar-refractivity contribution in [1.82, 2.24) is 14.5 Å². The fourth-order valence-corrected chi connectivity index (χ4v) is 6.00. The van der Waals surface area contributed by atoms with E-state index >= 15 is 0 Å². The molecule has 214 valence electrons. The Balaban J connectivity index is 1.47. The van der Waals surface area contributed by atoms with Gasteiger partial charge in [0.2, 0.25) is 0 Å². The zero-order chi connectivity index (χ0) is 29.1. The number of amides is 1. The Hall–Kier alpha value is -3.75. The number of rotatable bonds is 10. The van der Waals surface area contributed by atoms with Gasteiger partial charge in [0.05, 0.1) is 43.5 Å². The first kappa shape index (κ1) is 28.8. The molecule has 2 aliphatic heterocycles. The molecule has 41 heavy (non-hydrogen) atoms. The molecule has 9 heteroatoms. The van der Waals surface area contributed by atoms with Crippen molar-refractivity contribution in [2.24, 2.45) is 10.9 Å². The molecule has 8 nitrogen and oxygen atoms in total. The Bertz CT molecular complexity index is 1510. The first-order valence-corrected chi connectivity index (χ1v) is 14.3. The maximum Gasteiger partial charge on any atom is 0.315 e. The minimum atomic E-state index is -0.840. The van der Waals surface area contributed by atoms with Crippen LogP contribution in [0.3, 0.4) is 0 Å². The van der Waals surface area contributed by atoms with E-state index in [2.05, 4.69) is 9.55 Å². The summed E-state index contributed by atoms with van der Waals surface area (Å²) in [5.74, 6) is -1.14. The van der Waals surface area contributed by atoms with Crippen LogP contribution in [-0.4, -0.2) is 58.4 Å². The molecule has 0 bridgehead atoms. The summed E-state index contributed by atoms with van der Waals surface area (Å²) in [5.41, 5.74) is 5.49. The van der Waals surface area contributed by atoms with E-state index in [4.69, 9.17) is 26.1 Å². The number of aryl methyl sites for hydroxylation is 2. The highest BCUT2D eigenvalue weighted by Crippen LogP contribution is 2.45. The van der Waals surface area contributed by atoms with Gasteiger partial charge >= 0.3 is 5.97 Å². The molecule has 0 saturated heterocycles. The van der Waals surface area contributed by atoms with Crippen molar-refractivity contribution in [2.45, 2.75) is 46.7 Å². The second-order valence-electron chi connectivity index (χ2n) is 10.4. The molecule has 5 rings (SSSR count). The lowest BCUT2D eigenvalue weighted by Gasteiger charge is -2.31. The van der Waals surface area contributed by atoms with Gasteiger partial charge in [-0.2, -0.15) is 0 Å². The van der Waals surface area contributed by atoms with E-state index in [1.165, 1.54) is 0 Å². The second kappa shape index (κ2) is 12.4. The van der Waals surface area contributed by atoms with Gasteiger partial charge in [0.1, 0.15) is 11.7 Å². The van der Waals surface area contributed by atoms with Crippen LogP contribution in [0.15, 0.2) is 70.9 Å². The van der Waals surface area contributed by atoms with E-state index in [1.54, 1.807) is 17.9 Å². The van der Waals surface area contributed by atoms with Crippen molar-refractivity contribution in [3.05, 3.63) is 99.2 Å². The third-order valence-electron chi connectivity index (χ3n) is 7.81. The zero-order valence-corrected chi connectivity index (χ0v) is 24.6. The Morgan fingerprint density at radius 2 is 1.80 bits per heavy atom. The fraction of sp³-hybridized carbons (Fsp3) is 0.375. The molecular formula is C32H35ClN4O4. The summed E-state index contributed by atoms with van der Waals surface area (Å²) < 4.78 is 13.8. The van der Waals surface area contributed by atoms with Gasteiger partial charge in [0.15, 0.2) is 0 Å². The average Bonchev–Trinajstić information content (AvgIpc) is 3.39. The number of carbonyl (C=O) groups is 2. The van der Waals surface area contributed by atoms with E-state index in [-0.39, 0.29) is 19.1 Å². The van der Waals surface area contributed by atoms with Gasteiger partial charge in [-0.3, -0.25) is 14.6 Å². The minimum Gasteiger partial charge on any atom is -0.465 e. The van der Waals surface area contributed by atoms with Crippen LogP contribution in [0.5, 0.6) is 0 Å². The van der Waals surface area contributed by atoms with E-state index in [0.29, 0.717) is 53.8 Å². The summed E-state index contributed by atoms with van der Waals surface area (Å²) in [5, 5.41) is 0.483. The molecule has 0 fully saturated rings. The SMILES string of the molecule is CCOC(=O)C1C(COCCn2c(C)nc(C)c2C)=NC2=C(C(=O)N(Cc3ccccc3)C2)C1c1ccccc1Cl. The lowest BCUT2D eigenvalue weighted by molar-refractivity contribution is -0.146. The van der Waals surface area contributed by atoms with Crippen molar-refractivity contribution in [3.8, 4) is 0 Å². The third-order valence-corrected chi connectivity index (χ3v) is 8.15. The number of imidazole rings is 1. The summed E-state index contributed by atoms with van der Waals surface area (Å²) in [4.78, 5) is 38.7. The molecule has 1 aromatic heterocycles. The maximum atomic E-state index is 13.9. The first-order valence-electron chi connectivity index (χ1n) is 13.9. The van der Waals surface area contributed by atoms with Gasteiger partial charge in [0, 0.05) is 35.3 Å². The molecule has 0 aliphatic carbocycles. The van der Waals surface area contributed by atoms with Gasteiger partial charge < -0.3 is 18.9 Å². The Kier molecular flexibility index (Phi) is 8.71. The number of benzene rings is 2. The van der Waals surface area contributed by atoms with Crippen molar-refractivity contribution in [1.29, 1.82) is 0 Å². The Labute approximate surface area is 245 Å². The van der Waals surface area contributed by atoms with Gasteiger partial charge in [-0.05, 0) is 44.9 Å². The van der Waals surface area contributed by atoms with Crippen molar-refractivity contribution >= 4 is 29.2 Å². The van der Waals surface area contributed by atoms with Crippen molar-refractivity contribution in [2.75, 3.05) is 26.4 Å². The number of hydrogen-bond acceptors (Lipinski definition) is 6. The molecule has 3 aromatic rings. The predicted octanol–water partition coefficient (Wildman–Crippen LogP) is 5.19. The standard InChI is InChI=1S/C32H35ClN4O4/c1-5-41-32(39)30-27(19-40-16-15-37-21(3)20(2)34-22(37)4)35-26-18-36(17-23-11-7-6-8-12-23)31(38)29(26)28(30)24-13-9-10-14-25(24)33/h6-14,28,30H,5,15-19H2,1-4H3. The van der Waals surface area contributed by atoms with E-state index in [0.717, 1.165) is 22.8 Å². The molecule has 0 saturated carbocycles. The number of aromatic nitrogens is 2. The average molecular weight is 575 g/mol. The molecule has 0 spiro atoms. The van der Waals surface area contributed by atoms with Gasteiger partial charge in [0.25, 0.3) is 5.91 Å². The lowest BCUT2D eigenvalue weighted by Crippen LogP contribution is -2.39. The van der Waals surface area contributed by atoms with Crippen LogP contribution in [-0.2, 0) is 32.2 Å². The predicted molar refractivity (Wildman–Crippen MR) is 158 cm³/mol. The molecular weight excluding hydrogens is 540 g/mol. The highest BCUT2D eigenvalue weighted by atomic mass is 35.5. The monoisotopic (exact) mass is 574 g/mol. The van der Waals surface area contributed by atoms with Crippen molar-refractivity contribution in [3.63, 3.8) is 0 Å². The molecule has 2 unspecified atom stereocenters. The van der Waals surface area contributed by atoms with Crippen LogP contribution < -0.4 is 0 Å². The van der Waals surface area contributed by atoms with Crippen LogP contribution >= 0.6 is 11.6 Å². The normalized spacial score (nSPS) is 18.5. The molecule has 0 radical (unpaired) electrons. The molecule has 2 aliphatic rings. The largest absolute Gasteiger partial charge is 0.465 e. The van der Waals surface area contributed by atoms with Crippen LogP contribution in [0.1, 0.15) is 41.2 Å². The molecule has 1 amide bonds. The van der Waals surface area contributed by atoms with E-state index < -0.39 is 17.8 Å². The van der Waals surface area contributed by atoms with E-state index in [1.807, 2.05) is 69.3 Å². The number of halogens is 1. The molecule has 2 atom stereocenters. The lowest BCUT2D eigenvalue weighted by atomic mass is 9.75.